The number of phenols is 1. The maximum absolute atomic E-state index is 13.1. The van der Waals surface area contributed by atoms with Crippen molar-refractivity contribution < 1.29 is 34.9 Å². The molecule has 0 bridgehead atoms. The molecule has 0 saturated carbocycles. The van der Waals surface area contributed by atoms with Crippen LogP contribution in [0.25, 0.3) is 10.8 Å². The van der Waals surface area contributed by atoms with Gasteiger partial charge in [0.05, 0.1) is 43.7 Å². The summed E-state index contributed by atoms with van der Waals surface area (Å²) in [5, 5.41) is 28.3. The van der Waals surface area contributed by atoms with Gasteiger partial charge in [-0.2, -0.15) is 42.2 Å². The van der Waals surface area contributed by atoms with E-state index in [-0.39, 0.29) is 49.1 Å². The van der Waals surface area contributed by atoms with Crippen molar-refractivity contribution >= 4 is 92.5 Å². The van der Waals surface area contributed by atoms with Gasteiger partial charge < -0.3 is 10.8 Å². The smallest absolute Gasteiger partial charge is 0.296 e. The van der Waals surface area contributed by atoms with E-state index in [0.29, 0.717) is 22.8 Å². The molecule has 4 aromatic rings. The summed E-state index contributed by atoms with van der Waals surface area (Å²) in [6.45, 7) is 6.12. The zero-order valence-electron chi connectivity index (χ0n) is 40.9. The Kier molecular flexibility index (Phi) is 25.5. The predicted octanol–water partition coefficient (Wildman–Crippen LogP) is 15.4. The zero-order valence-corrected chi connectivity index (χ0v) is 45.0. The van der Waals surface area contributed by atoms with Crippen LogP contribution in [0.1, 0.15) is 148 Å². The molecule has 4 N–H and O–H groups in total. The Bertz CT molecular complexity index is 2590. The van der Waals surface area contributed by atoms with Crippen molar-refractivity contribution in [2.75, 3.05) is 40.3 Å². The SMILES string of the molecule is CCCCCCCCCCCCSCCS(=O)(=O)c1ccc(N=Nc2c(C)cc3cc(S(=O)(=O)O)c(N=Nc4ccc(S(=O)(=O)CCSCCCCCCCCCCCC)cc4)c(O)c3c2N)cc1. The van der Waals surface area contributed by atoms with Gasteiger partial charge in [0.25, 0.3) is 10.1 Å². The van der Waals surface area contributed by atoms with E-state index >= 15 is 0 Å². The van der Waals surface area contributed by atoms with Gasteiger partial charge in [-0.05, 0) is 103 Å². The summed E-state index contributed by atoms with van der Waals surface area (Å²) < 4.78 is 87.5. The number of fused-ring (bicyclic) bond motifs is 1. The minimum absolute atomic E-state index is 0.0169. The molecule has 0 radical (unpaired) electrons. The number of thioether (sulfide) groups is 2. The molecule has 0 fully saturated rings. The van der Waals surface area contributed by atoms with Crippen molar-refractivity contribution in [3.63, 3.8) is 0 Å². The predicted molar refractivity (Wildman–Crippen MR) is 288 cm³/mol. The number of aryl methyl sites for hydroxylation is 1. The molecule has 18 heteroatoms. The Balaban J connectivity index is 1.34. The second-order valence-corrected chi connectivity index (χ2v) is 25.8. The summed E-state index contributed by atoms with van der Waals surface area (Å²) in [6, 6.07) is 14.3. The van der Waals surface area contributed by atoms with E-state index in [2.05, 4.69) is 34.3 Å². The van der Waals surface area contributed by atoms with Gasteiger partial charge in [0.2, 0.25) is 0 Å². The van der Waals surface area contributed by atoms with Crippen LogP contribution in [0.5, 0.6) is 5.75 Å². The monoisotopic (exact) mass is 1050 g/mol. The molecular weight excluding hydrogens is 971 g/mol. The molecule has 0 saturated heterocycles. The number of unbranched alkanes of at least 4 members (excludes halogenated alkanes) is 18. The second-order valence-electron chi connectivity index (χ2n) is 17.7. The summed E-state index contributed by atoms with van der Waals surface area (Å²) in [5.74, 6) is 2.17. The molecule has 0 amide bonds. The number of aromatic hydroxyl groups is 1. The molecule has 382 valence electrons. The van der Waals surface area contributed by atoms with Crippen LogP contribution >= 0.6 is 23.5 Å². The van der Waals surface area contributed by atoms with Crippen molar-refractivity contribution in [1.29, 1.82) is 0 Å². The van der Waals surface area contributed by atoms with E-state index < -0.39 is 46.1 Å². The van der Waals surface area contributed by atoms with Gasteiger partial charge in [0, 0.05) is 11.5 Å². The molecule has 69 heavy (non-hydrogen) atoms. The number of phenolic OH excluding ortho intramolecular Hbond substituents is 1. The molecule has 0 unspecified atom stereocenters. The molecule has 13 nitrogen and oxygen atoms in total. The third-order valence-corrected chi connectivity index (χ3v) is 19.0. The molecule has 4 rings (SSSR count). The number of nitrogens with two attached hydrogens (primary N) is 1. The first-order valence-electron chi connectivity index (χ1n) is 24.8. The van der Waals surface area contributed by atoms with Crippen LogP contribution in [0.2, 0.25) is 0 Å². The lowest BCUT2D eigenvalue weighted by Crippen LogP contribution is -2.09. The van der Waals surface area contributed by atoms with E-state index in [1.165, 1.54) is 164 Å². The van der Waals surface area contributed by atoms with Gasteiger partial charge in [-0.1, -0.05) is 129 Å². The maximum atomic E-state index is 13.1. The van der Waals surface area contributed by atoms with Gasteiger partial charge in [-0.3, -0.25) is 4.55 Å². The quantitative estimate of drug-likeness (QED) is 0.0170. The number of hydrogen-bond donors (Lipinski definition) is 3. The van der Waals surface area contributed by atoms with Crippen LogP contribution in [-0.4, -0.2) is 69.4 Å². The van der Waals surface area contributed by atoms with Crippen LogP contribution in [-0.2, 0) is 29.8 Å². The largest absolute Gasteiger partial charge is 0.505 e. The van der Waals surface area contributed by atoms with Crippen LogP contribution in [0.15, 0.2) is 95.8 Å². The molecule has 0 aliphatic carbocycles. The summed E-state index contributed by atoms with van der Waals surface area (Å²) in [4.78, 5) is -0.427. The first-order valence-corrected chi connectivity index (χ1v) is 31.8. The van der Waals surface area contributed by atoms with Gasteiger partial charge in [-0.25, -0.2) is 16.8 Å². The number of azo groups is 2. The molecule has 0 atom stereocenters. The zero-order chi connectivity index (χ0) is 50.1. The van der Waals surface area contributed by atoms with Gasteiger partial charge in [0.1, 0.15) is 16.3 Å². The molecular formula is C51H75N5O8S5. The Labute approximate surface area is 421 Å². The lowest BCUT2D eigenvalue weighted by atomic mass is 10.0. The number of anilines is 1. The summed E-state index contributed by atoms with van der Waals surface area (Å²) in [7, 11) is -12.0. The molecule has 0 aliphatic rings. The minimum atomic E-state index is -4.94. The topological polar surface area (TPSA) is 218 Å². The van der Waals surface area contributed by atoms with Crippen molar-refractivity contribution in [2.45, 2.75) is 164 Å². The van der Waals surface area contributed by atoms with Crippen LogP contribution in [0.3, 0.4) is 0 Å². The average Bonchev–Trinajstić information content (AvgIpc) is 3.31. The van der Waals surface area contributed by atoms with E-state index in [9.17, 15) is 34.9 Å². The average molecular weight is 1050 g/mol. The van der Waals surface area contributed by atoms with Crippen LogP contribution < -0.4 is 5.73 Å². The first-order chi connectivity index (χ1) is 33.1. The Morgan fingerprint density at radius 3 is 1.28 bits per heavy atom. The maximum Gasteiger partial charge on any atom is 0.296 e. The standard InChI is InChI=1S/C51H75N5O8S5/c1-4-6-8-10-12-14-16-18-20-22-32-65-34-36-67(58,59)44-28-24-42(25-29-44)53-55-49-40(3)38-41-39-46(69(62,63)64)50(51(57)47(41)48(49)52)56-54-43-26-30-45(31-27-43)68(60,61)37-35-66-33-23-21-19-17-15-13-11-9-7-5-2/h24-31,38-39,57H,4-23,32-37,52H2,1-3H3,(H,62,63,64). The number of hydrogen-bond acceptors (Lipinski definition) is 14. The van der Waals surface area contributed by atoms with Crippen molar-refractivity contribution in [1.82, 2.24) is 0 Å². The highest BCUT2D eigenvalue weighted by atomic mass is 32.2. The van der Waals surface area contributed by atoms with Crippen LogP contribution in [0, 0.1) is 6.92 Å². The molecule has 0 spiro atoms. The van der Waals surface area contributed by atoms with E-state index in [1.807, 2.05) is 0 Å². The third-order valence-electron chi connectivity index (χ3n) is 12.0. The normalized spacial score (nSPS) is 12.6. The lowest BCUT2D eigenvalue weighted by molar-refractivity contribution is 0.472. The van der Waals surface area contributed by atoms with E-state index in [1.54, 1.807) is 30.4 Å². The fourth-order valence-corrected chi connectivity index (χ4v) is 14.1. The fraction of sp³-hybridized carbons (Fsp3) is 0.569. The molecule has 0 heterocycles. The number of nitrogen functional groups attached to an aromatic ring is 1. The van der Waals surface area contributed by atoms with E-state index in [0.717, 1.165) is 36.8 Å². The summed E-state index contributed by atoms with van der Waals surface area (Å²) in [5.41, 5.74) is 7.03. The number of nitrogens with zero attached hydrogens (tertiary/aromatic N) is 4. The molecule has 4 aromatic carbocycles. The van der Waals surface area contributed by atoms with Crippen molar-refractivity contribution in [2.24, 2.45) is 20.5 Å². The highest BCUT2D eigenvalue weighted by Crippen LogP contribution is 2.47. The summed E-state index contributed by atoms with van der Waals surface area (Å²) in [6.07, 6.45) is 25.1. The Morgan fingerprint density at radius 2 is 0.884 bits per heavy atom. The summed E-state index contributed by atoms with van der Waals surface area (Å²) >= 11 is 3.29. The highest BCUT2D eigenvalue weighted by Gasteiger charge is 2.25. The van der Waals surface area contributed by atoms with Gasteiger partial charge in [0.15, 0.2) is 25.4 Å². The fourth-order valence-electron chi connectivity index (χ4n) is 7.92. The second kappa shape index (κ2) is 30.4. The number of sulfone groups is 2. The van der Waals surface area contributed by atoms with Crippen molar-refractivity contribution in [3.05, 3.63) is 66.2 Å². The minimum Gasteiger partial charge on any atom is -0.505 e. The van der Waals surface area contributed by atoms with Crippen LogP contribution in [0.4, 0.5) is 28.4 Å². The van der Waals surface area contributed by atoms with Gasteiger partial charge >= 0.3 is 0 Å². The van der Waals surface area contributed by atoms with E-state index in [4.69, 9.17) is 5.73 Å². The first kappa shape index (κ1) is 58.0. The third kappa shape index (κ3) is 19.9. The Hall–Kier alpha value is -3.55. The van der Waals surface area contributed by atoms with Gasteiger partial charge in [-0.15, -0.1) is 10.2 Å². The lowest BCUT2D eigenvalue weighted by Gasteiger charge is -2.13. The number of rotatable bonds is 35. The molecule has 0 aromatic heterocycles. The van der Waals surface area contributed by atoms with Crippen molar-refractivity contribution in [3.8, 4) is 5.75 Å². The Morgan fingerprint density at radius 1 is 0.507 bits per heavy atom. The molecule has 0 aliphatic heterocycles. The highest BCUT2D eigenvalue weighted by molar-refractivity contribution is 8.01. The number of benzene rings is 4.